The minimum absolute atomic E-state index is 0.103. The summed E-state index contributed by atoms with van der Waals surface area (Å²) in [5.41, 5.74) is 1.86. The Balaban J connectivity index is 1.28. The van der Waals surface area contributed by atoms with Gasteiger partial charge in [-0.25, -0.2) is 0 Å². The van der Waals surface area contributed by atoms with Crippen molar-refractivity contribution in [2.75, 3.05) is 19.1 Å². The van der Waals surface area contributed by atoms with Gasteiger partial charge in [0.05, 0.1) is 25.8 Å². The number of aliphatic hydroxyl groups excluding tert-OH is 1. The number of aromatic nitrogens is 2. The Morgan fingerprint density at radius 3 is 2.37 bits per heavy atom. The largest absolute Gasteiger partial charge is 0.507 e. The minimum Gasteiger partial charge on any atom is -0.507 e. The number of ether oxygens (including phenoxy) is 3. The summed E-state index contributed by atoms with van der Waals surface area (Å²) >= 11 is 2.71. The second-order valence-electron chi connectivity index (χ2n) is 11.0. The lowest BCUT2D eigenvalue weighted by molar-refractivity contribution is -0.132. The van der Waals surface area contributed by atoms with Crippen molar-refractivity contribution in [2.24, 2.45) is 0 Å². The summed E-state index contributed by atoms with van der Waals surface area (Å²) in [6.45, 7) is 0. The molecule has 0 saturated carbocycles. The second-order valence-corrected chi connectivity index (χ2v) is 13.2. The summed E-state index contributed by atoms with van der Waals surface area (Å²) in [6, 6.07) is 34.5. The lowest BCUT2D eigenvalue weighted by Crippen LogP contribution is -2.29. The third kappa shape index (κ3) is 6.33. The van der Waals surface area contributed by atoms with E-state index in [0.717, 1.165) is 16.3 Å². The van der Waals surface area contributed by atoms with Gasteiger partial charge in [-0.2, -0.15) is 0 Å². The Hall–Kier alpha value is -5.65. The number of anilines is 1. The molecule has 5 aromatic carbocycles. The van der Waals surface area contributed by atoms with Crippen LogP contribution in [0, 0.1) is 0 Å². The Labute approximate surface area is 290 Å². The third-order valence-corrected chi connectivity index (χ3v) is 10.2. The molecule has 0 spiro atoms. The van der Waals surface area contributed by atoms with Gasteiger partial charge in [-0.05, 0) is 64.4 Å². The van der Waals surface area contributed by atoms with Crippen LogP contribution in [-0.4, -0.2) is 41.2 Å². The van der Waals surface area contributed by atoms with Crippen LogP contribution < -0.4 is 19.1 Å². The first kappa shape index (κ1) is 31.9. The van der Waals surface area contributed by atoms with Crippen LogP contribution in [0.4, 0.5) is 5.13 Å². The van der Waals surface area contributed by atoms with Crippen LogP contribution in [0.15, 0.2) is 125 Å². The lowest BCUT2D eigenvalue weighted by Gasteiger charge is -2.23. The van der Waals surface area contributed by atoms with Crippen molar-refractivity contribution in [1.29, 1.82) is 0 Å². The van der Waals surface area contributed by atoms with Crippen LogP contribution in [0.5, 0.6) is 23.0 Å². The molecule has 49 heavy (non-hydrogen) atoms. The summed E-state index contributed by atoms with van der Waals surface area (Å²) in [6.07, 6.45) is 0. The molecule has 1 N–H and O–H groups in total. The highest BCUT2D eigenvalue weighted by Gasteiger charge is 2.48. The number of amides is 1. The average molecular weight is 688 g/mol. The Kier molecular flexibility index (Phi) is 9.01. The number of Topliss-reactive ketones (excluding diaryl/α,β-unsaturated/α-hetero) is 1. The van der Waals surface area contributed by atoms with E-state index in [1.165, 1.54) is 42.2 Å². The number of fused-ring (bicyclic) bond motifs is 1. The van der Waals surface area contributed by atoms with E-state index >= 15 is 0 Å². The normalized spacial score (nSPS) is 15.5. The summed E-state index contributed by atoms with van der Waals surface area (Å²) in [5.74, 6) is 0.499. The molecule has 0 unspecified atom stereocenters. The van der Waals surface area contributed by atoms with E-state index in [-0.39, 0.29) is 22.0 Å². The number of hydrogen-bond acceptors (Lipinski definition) is 10. The highest BCUT2D eigenvalue weighted by atomic mass is 32.2. The Bertz CT molecular complexity index is 2210. The number of hydrogen-bond donors (Lipinski definition) is 1. The van der Waals surface area contributed by atoms with E-state index in [9.17, 15) is 14.7 Å². The average Bonchev–Trinajstić information content (AvgIpc) is 3.71. The van der Waals surface area contributed by atoms with Gasteiger partial charge in [0.25, 0.3) is 5.78 Å². The third-order valence-electron chi connectivity index (χ3n) is 8.09. The number of thioether (sulfide) groups is 1. The van der Waals surface area contributed by atoms with Gasteiger partial charge >= 0.3 is 5.91 Å². The van der Waals surface area contributed by atoms with E-state index < -0.39 is 17.7 Å². The number of carbonyl (C=O) groups is 2. The molecule has 1 aliphatic heterocycles. The van der Waals surface area contributed by atoms with Crippen LogP contribution in [0.1, 0.15) is 22.7 Å². The number of ketones is 1. The second kappa shape index (κ2) is 13.8. The quantitative estimate of drug-likeness (QED) is 0.0499. The zero-order valence-corrected chi connectivity index (χ0v) is 28.0. The molecule has 1 aromatic heterocycles. The van der Waals surface area contributed by atoms with Crippen molar-refractivity contribution in [3.8, 4) is 23.0 Å². The maximum absolute atomic E-state index is 13.9. The smallest absolute Gasteiger partial charge is 0.301 e. The van der Waals surface area contributed by atoms with E-state index in [2.05, 4.69) is 34.5 Å². The Morgan fingerprint density at radius 1 is 0.816 bits per heavy atom. The molecule has 1 atom stereocenters. The zero-order chi connectivity index (χ0) is 33.9. The molecule has 244 valence electrons. The zero-order valence-electron chi connectivity index (χ0n) is 26.4. The van der Waals surface area contributed by atoms with Crippen molar-refractivity contribution in [3.05, 3.63) is 138 Å². The van der Waals surface area contributed by atoms with Gasteiger partial charge in [0.15, 0.2) is 15.8 Å². The maximum atomic E-state index is 13.9. The SMILES string of the molecule is COc1ccc(C(O)=C2C(=O)C(=O)N(c3nnc(SCc4cccc5ccccc45)s3)[C@@H]2c2cccc(Oc3ccccc3)c2)cc1OC. The fourth-order valence-corrected chi connectivity index (χ4v) is 7.64. The molecular weight excluding hydrogens is 659 g/mol. The number of carbonyl (C=O) groups excluding carboxylic acids is 2. The van der Waals surface area contributed by atoms with Gasteiger partial charge < -0.3 is 19.3 Å². The molecule has 0 aliphatic carbocycles. The first-order chi connectivity index (χ1) is 23.9. The highest BCUT2D eigenvalue weighted by molar-refractivity contribution is 8.00. The van der Waals surface area contributed by atoms with E-state index in [0.29, 0.717) is 38.7 Å². The molecule has 11 heteroatoms. The van der Waals surface area contributed by atoms with Crippen LogP contribution >= 0.6 is 23.1 Å². The van der Waals surface area contributed by atoms with Crippen LogP contribution in [0.2, 0.25) is 0 Å². The van der Waals surface area contributed by atoms with E-state index in [1.54, 1.807) is 42.5 Å². The predicted octanol–water partition coefficient (Wildman–Crippen LogP) is 8.42. The topological polar surface area (TPSA) is 111 Å². The van der Waals surface area contributed by atoms with Crippen LogP contribution in [0.3, 0.4) is 0 Å². The molecule has 0 bridgehead atoms. The molecule has 0 radical (unpaired) electrons. The van der Waals surface area contributed by atoms with E-state index in [4.69, 9.17) is 14.2 Å². The van der Waals surface area contributed by atoms with Crippen molar-refractivity contribution < 1.29 is 28.9 Å². The molecule has 6 aromatic rings. The minimum atomic E-state index is -1.03. The standard InChI is InChI=1S/C38H29N3O6S2/c1-45-30-19-18-25(21-31(30)46-2)34(42)32-33(24-12-9-16-28(20-24)47-27-14-4-3-5-15-27)41(36(44)35(32)43)37-39-40-38(49-37)48-22-26-13-8-11-23-10-6-7-17-29(23)26/h3-21,33,42H,22H2,1-2H3/t33-/m1/s1. The van der Waals surface area contributed by atoms with Crippen LogP contribution in [0.25, 0.3) is 16.5 Å². The molecule has 9 nitrogen and oxygen atoms in total. The van der Waals surface area contributed by atoms with E-state index in [1.807, 2.05) is 48.5 Å². The summed E-state index contributed by atoms with van der Waals surface area (Å²) in [5, 5.41) is 23.0. The molecule has 1 saturated heterocycles. The lowest BCUT2D eigenvalue weighted by atomic mass is 9.95. The van der Waals surface area contributed by atoms with Gasteiger partial charge in [-0.1, -0.05) is 95.9 Å². The van der Waals surface area contributed by atoms with Gasteiger partial charge in [-0.3, -0.25) is 14.5 Å². The first-order valence-electron chi connectivity index (χ1n) is 15.2. The number of aliphatic hydroxyl groups is 1. The van der Waals surface area contributed by atoms with Gasteiger partial charge in [0, 0.05) is 11.3 Å². The highest BCUT2D eigenvalue weighted by Crippen LogP contribution is 2.45. The Morgan fingerprint density at radius 2 is 1.55 bits per heavy atom. The summed E-state index contributed by atoms with van der Waals surface area (Å²) < 4.78 is 17.5. The van der Waals surface area contributed by atoms with Crippen molar-refractivity contribution in [2.45, 2.75) is 16.1 Å². The molecule has 1 aliphatic rings. The maximum Gasteiger partial charge on any atom is 0.301 e. The fourth-order valence-electron chi connectivity index (χ4n) is 5.77. The molecule has 2 heterocycles. The monoisotopic (exact) mass is 687 g/mol. The number of nitrogens with zero attached hydrogens (tertiary/aromatic N) is 3. The number of methoxy groups -OCH3 is 2. The van der Waals surface area contributed by atoms with Crippen LogP contribution in [-0.2, 0) is 15.3 Å². The number of benzene rings is 5. The van der Waals surface area contributed by atoms with Crippen molar-refractivity contribution >= 4 is 56.5 Å². The fraction of sp³-hybridized carbons (Fsp3) is 0.105. The predicted molar refractivity (Wildman–Crippen MR) is 191 cm³/mol. The van der Waals surface area contributed by atoms with Gasteiger partial charge in [0.1, 0.15) is 17.3 Å². The van der Waals surface area contributed by atoms with Gasteiger partial charge in [0.2, 0.25) is 5.13 Å². The molecule has 1 fully saturated rings. The molecule has 7 rings (SSSR count). The number of rotatable bonds is 10. The van der Waals surface area contributed by atoms with Crippen molar-refractivity contribution in [3.63, 3.8) is 0 Å². The van der Waals surface area contributed by atoms with Gasteiger partial charge in [-0.15, -0.1) is 10.2 Å². The molecular formula is C38H29N3O6S2. The van der Waals surface area contributed by atoms with Crippen molar-refractivity contribution in [1.82, 2.24) is 10.2 Å². The number of para-hydroxylation sites is 1. The summed E-state index contributed by atoms with van der Waals surface area (Å²) in [4.78, 5) is 29.0. The summed E-state index contributed by atoms with van der Waals surface area (Å²) in [7, 11) is 2.98. The first-order valence-corrected chi connectivity index (χ1v) is 17.0. The molecule has 1 amide bonds.